The number of hydrogen-bond donors (Lipinski definition) is 3. The lowest BCUT2D eigenvalue weighted by Crippen LogP contribution is -2.45. The van der Waals surface area contributed by atoms with Crippen molar-refractivity contribution in [2.45, 2.75) is 52.0 Å². The number of hydrogen-bond acceptors (Lipinski definition) is 4. The van der Waals surface area contributed by atoms with Crippen molar-refractivity contribution < 1.29 is 24.2 Å². The number of rotatable bonds is 10. The van der Waals surface area contributed by atoms with Crippen LogP contribution in [-0.2, 0) is 14.3 Å². The second kappa shape index (κ2) is 10.5. The van der Waals surface area contributed by atoms with Crippen LogP contribution >= 0.6 is 0 Å². The van der Waals surface area contributed by atoms with Crippen LogP contribution in [0.15, 0.2) is 48.5 Å². The third-order valence-electron chi connectivity index (χ3n) is 6.19. The number of amides is 2. The first-order valence-corrected chi connectivity index (χ1v) is 11.3. The van der Waals surface area contributed by atoms with Gasteiger partial charge in [-0.3, -0.25) is 9.59 Å². The van der Waals surface area contributed by atoms with Gasteiger partial charge in [-0.2, -0.15) is 0 Å². The molecular formula is C26H32N2O5. The third kappa shape index (κ3) is 6.34. The van der Waals surface area contributed by atoms with E-state index in [1.54, 1.807) is 6.92 Å². The molecule has 0 aliphatic heterocycles. The Morgan fingerprint density at radius 3 is 2.15 bits per heavy atom. The Kier molecular flexibility index (Phi) is 7.74. The fourth-order valence-corrected chi connectivity index (χ4v) is 4.13. The molecule has 0 radical (unpaired) electrons. The molecule has 0 saturated carbocycles. The van der Waals surface area contributed by atoms with Crippen molar-refractivity contribution in [1.29, 1.82) is 0 Å². The van der Waals surface area contributed by atoms with E-state index in [0.717, 1.165) is 22.3 Å². The summed E-state index contributed by atoms with van der Waals surface area (Å²) in [5.41, 5.74) is 4.36. The number of benzene rings is 2. The van der Waals surface area contributed by atoms with Gasteiger partial charge in [0.2, 0.25) is 5.91 Å². The molecule has 1 atom stereocenters. The number of alkyl carbamates (subject to hydrolysis) is 1. The van der Waals surface area contributed by atoms with Gasteiger partial charge in [0.05, 0.1) is 0 Å². The summed E-state index contributed by atoms with van der Waals surface area (Å²) in [5, 5.41) is 14.2. The van der Waals surface area contributed by atoms with Gasteiger partial charge in [0, 0.05) is 18.9 Å². The molecule has 0 heterocycles. The van der Waals surface area contributed by atoms with Crippen LogP contribution in [0.25, 0.3) is 11.1 Å². The minimum absolute atomic E-state index is 0.0414. The maximum atomic E-state index is 12.4. The quantitative estimate of drug-likeness (QED) is 0.498. The van der Waals surface area contributed by atoms with Gasteiger partial charge in [0.25, 0.3) is 0 Å². The van der Waals surface area contributed by atoms with E-state index in [-0.39, 0.29) is 30.3 Å². The number of carboxylic acid groups (broad SMARTS) is 1. The third-order valence-corrected chi connectivity index (χ3v) is 6.19. The topological polar surface area (TPSA) is 105 Å². The van der Waals surface area contributed by atoms with E-state index in [0.29, 0.717) is 19.4 Å². The summed E-state index contributed by atoms with van der Waals surface area (Å²) in [6.45, 7) is 6.14. The maximum Gasteiger partial charge on any atom is 0.407 e. The molecule has 3 rings (SSSR count). The summed E-state index contributed by atoms with van der Waals surface area (Å²) >= 11 is 0. The predicted octanol–water partition coefficient (Wildman–Crippen LogP) is 4.31. The number of aliphatic carboxylic acids is 1. The first kappa shape index (κ1) is 24.3. The number of ether oxygens (including phenoxy) is 1. The number of nitrogens with one attached hydrogen (secondary N) is 2. The Bertz CT molecular complexity index is 972. The largest absolute Gasteiger partial charge is 0.481 e. The first-order valence-electron chi connectivity index (χ1n) is 11.3. The fourth-order valence-electron chi connectivity index (χ4n) is 4.13. The number of fused-ring (bicyclic) bond motifs is 3. The molecule has 176 valence electrons. The lowest BCUT2D eigenvalue weighted by atomic mass is 9.84. The van der Waals surface area contributed by atoms with Crippen LogP contribution in [0.1, 0.15) is 57.1 Å². The molecule has 0 spiro atoms. The molecule has 0 fully saturated rings. The Morgan fingerprint density at radius 1 is 1.00 bits per heavy atom. The zero-order valence-corrected chi connectivity index (χ0v) is 19.4. The highest BCUT2D eigenvalue weighted by atomic mass is 16.5. The van der Waals surface area contributed by atoms with Gasteiger partial charge in [-0.15, -0.1) is 0 Å². The minimum atomic E-state index is -0.826. The Balaban J connectivity index is 1.46. The highest BCUT2D eigenvalue weighted by Gasteiger charge is 2.29. The smallest absolute Gasteiger partial charge is 0.407 e. The molecule has 2 aromatic carbocycles. The monoisotopic (exact) mass is 452 g/mol. The Hall–Kier alpha value is -3.35. The van der Waals surface area contributed by atoms with Crippen molar-refractivity contribution in [2.75, 3.05) is 13.2 Å². The van der Waals surface area contributed by atoms with Gasteiger partial charge in [0.15, 0.2) is 0 Å². The molecule has 0 aromatic heterocycles. The van der Waals surface area contributed by atoms with E-state index in [1.165, 1.54) is 0 Å². The Labute approximate surface area is 194 Å². The lowest BCUT2D eigenvalue weighted by molar-refractivity contribution is -0.137. The number of carbonyl (C=O) groups excluding carboxylic acids is 2. The molecule has 7 heteroatoms. The molecular weight excluding hydrogens is 420 g/mol. The summed E-state index contributed by atoms with van der Waals surface area (Å²) in [5.74, 6) is -1.18. The second-order valence-electron chi connectivity index (χ2n) is 9.29. The number of carbonyl (C=O) groups is 3. The van der Waals surface area contributed by atoms with Gasteiger partial charge >= 0.3 is 12.1 Å². The van der Waals surface area contributed by atoms with Gasteiger partial charge in [-0.25, -0.2) is 4.79 Å². The van der Waals surface area contributed by atoms with Crippen LogP contribution in [0.2, 0.25) is 0 Å². The van der Waals surface area contributed by atoms with Crippen LogP contribution in [0.4, 0.5) is 4.79 Å². The summed E-state index contributed by atoms with van der Waals surface area (Å²) in [6.07, 6.45) is 0.636. The maximum absolute atomic E-state index is 12.4. The van der Waals surface area contributed by atoms with E-state index in [2.05, 4.69) is 34.9 Å². The van der Waals surface area contributed by atoms with Crippen molar-refractivity contribution in [3.05, 3.63) is 59.7 Å². The van der Waals surface area contributed by atoms with E-state index >= 15 is 0 Å². The average molecular weight is 453 g/mol. The van der Waals surface area contributed by atoms with Gasteiger partial charge < -0.3 is 20.5 Å². The van der Waals surface area contributed by atoms with E-state index < -0.39 is 18.1 Å². The van der Waals surface area contributed by atoms with Crippen LogP contribution in [-0.4, -0.2) is 42.3 Å². The molecule has 2 aromatic rings. The van der Waals surface area contributed by atoms with Crippen molar-refractivity contribution >= 4 is 18.0 Å². The molecule has 2 amide bonds. The highest BCUT2D eigenvalue weighted by Crippen LogP contribution is 2.44. The van der Waals surface area contributed by atoms with Crippen LogP contribution in [0, 0.1) is 5.41 Å². The van der Waals surface area contributed by atoms with E-state index in [4.69, 9.17) is 9.84 Å². The van der Waals surface area contributed by atoms with E-state index in [1.807, 2.05) is 38.1 Å². The molecule has 0 bridgehead atoms. The molecule has 0 unspecified atom stereocenters. The number of carboxylic acids is 1. The van der Waals surface area contributed by atoms with Gasteiger partial charge in [0.1, 0.15) is 12.6 Å². The molecule has 1 aliphatic carbocycles. The average Bonchev–Trinajstić information content (AvgIpc) is 3.10. The normalized spacial score (nSPS) is 13.5. The zero-order valence-electron chi connectivity index (χ0n) is 19.4. The van der Waals surface area contributed by atoms with Crippen molar-refractivity contribution in [1.82, 2.24) is 10.6 Å². The molecule has 0 saturated heterocycles. The van der Waals surface area contributed by atoms with Crippen LogP contribution < -0.4 is 10.6 Å². The summed E-state index contributed by atoms with van der Waals surface area (Å²) < 4.78 is 5.49. The molecule has 1 aliphatic rings. The van der Waals surface area contributed by atoms with Gasteiger partial charge in [-0.1, -0.05) is 62.4 Å². The molecule has 7 nitrogen and oxygen atoms in total. The van der Waals surface area contributed by atoms with Gasteiger partial charge in [-0.05, 0) is 47.4 Å². The summed E-state index contributed by atoms with van der Waals surface area (Å²) in [7, 11) is 0. The van der Waals surface area contributed by atoms with Crippen LogP contribution in [0.3, 0.4) is 0 Å². The van der Waals surface area contributed by atoms with Crippen molar-refractivity contribution in [2.24, 2.45) is 5.41 Å². The highest BCUT2D eigenvalue weighted by molar-refractivity contribution is 5.85. The van der Waals surface area contributed by atoms with Crippen molar-refractivity contribution in [3.63, 3.8) is 0 Å². The Morgan fingerprint density at radius 2 is 1.58 bits per heavy atom. The molecule has 33 heavy (non-hydrogen) atoms. The van der Waals surface area contributed by atoms with Crippen molar-refractivity contribution in [3.8, 4) is 11.1 Å². The fraction of sp³-hybridized carbons (Fsp3) is 0.423. The summed E-state index contributed by atoms with van der Waals surface area (Å²) in [6, 6.07) is 15.5. The predicted molar refractivity (Wildman–Crippen MR) is 126 cm³/mol. The minimum Gasteiger partial charge on any atom is -0.481 e. The lowest BCUT2D eigenvalue weighted by Gasteiger charge is -2.24. The SMILES string of the molecule is C[C@H](NC(=O)OCC1c2ccccc2-c2ccccc21)C(=O)NCCC(C)(C)CCC(=O)O. The summed E-state index contributed by atoms with van der Waals surface area (Å²) in [4.78, 5) is 35.5. The van der Waals surface area contributed by atoms with E-state index in [9.17, 15) is 14.4 Å². The standard InChI is InChI=1S/C26H32N2O5/c1-17(24(31)27-15-14-26(2,3)13-12-23(29)30)28-25(32)33-16-22-20-10-6-4-8-18(20)19-9-5-7-11-21(19)22/h4-11,17,22H,12-16H2,1-3H3,(H,27,31)(H,28,32)(H,29,30)/t17-/m0/s1. The second-order valence-corrected chi connectivity index (χ2v) is 9.29. The van der Waals surface area contributed by atoms with Crippen LogP contribution in [0.5, 0.6) is 0 Å². The zero-order chi connectivity index (χ0) is 24.0. The first-order chi connectivity index (χ1) is 15.7. The molecule has 3 N–H and O–H groups in total.